The Labute approximate surface area is 198 Å². The molecule has 0 fully saturated rings. The average Bonchev–Trinajstić information content (AvgIpc) is 3.02. The molecule has 0 spiro atoms. The summed E-state index contributed by atoms with van der Waals surface area (Å²) in [6.45, 7) is 0.390. The second kappa shape index (κ2) is 8.34. The molecule has 5 rings (SSSR count). The first kappa shape index (κ1) is 20.6. The second-order valence-electron chi connectivity index (χ2n) is 7.44. The third-order valence-corrected chi connectivity index (χ3v) is 7.74. The summed E-state index contributed by atoms with van der Waals surface area (Å²) < 4.78 is 0. The summed E-state index contributed by atoms with van der Waals surface area (Å²) in [5.74, 6) is -0.410. The van der Waals surface area contributed by atoms with Gasteiger partial charge in [-0.25, -0.2) is 0 Å². The minimum Gasteiger partial charge on any atom is -0.326 e. The van der Waals surface area contributed by atoms with Crippen LogP contribution in [0.1, 0.15) is 33.6 Å². The number of amides is 2. The quantitative estimate of drug-likeness (QED) is 0.215. The Morgan fingerprint density at radius 1 is 0.871 bits per heavy atom. The van der Waals surface area contributed by atoms with Gasteiger partial charge in [-0.05, 0) is 55.3 Å². The van der Waals surface area contributed by atoms with Crippen LogP contribution in [0.15, 0.2) is 76.5 Å². The number of alkyl halides is 1. The summed E-state index contributed by atoms with van der Waals surface area (Å²) in [6, 6.07) is 21.2. The Hall–Kier alpha value is -2.28. The topological polar surface area (TPSA) is 40.6 Å². The summed E-state index contributed by atoms with van der Waals surface area (Å²) >= 11 is 11.9. The third kappa shape index (κ3) is 3.67. The average molecular weight is 514 g/mol. The lowest BCUT2D eigenvalue weighted by Gasteiger charge is -2.36. The number of hydrogen-bond donors (Lipinski definition) is 0. The number of nitrogens with zero attached hydrogens (tertiary/aromatic N) is 2. The van der Waals surface area contributed by atoms with Crippen molar-refractivity contribution in [2.75, 3.05) is 11.4 Å². The first-order valence-electron chi connectivity index (χ1n) is 9.99. The number of benzene rings is 3. The smallest absolute Gasteiger partial charge is 0.261 e. The molecule has 1 unspecified atom stereocenters. The summed E-state index contributed by atoms with van der Waals surface area (Å²) in [6.07, 6.45) is 1.43. The maximum Gasteiger partial charge on any atom is 0.261 e. The van der Waals surface area contributed by atoms with E-state index >= 15 is 0 Å². The Balaban J connectivity index is 1.34. The largest absolute Gasteiger partial charge is 0.326 e. The van der Waals surface area contributed by atoms with Crippen LogP contribution < -0.4 is 4.90 Å². The van der Waals surface area contributed by atoms with Gasteiger partial charge in [-0.3, -0.25) is 14.5 Å². The molecule has 156 valence electrons. The standard InChI is InChI=1S/C24H18BrClN2O2S/c25-22(10-5-13-27-23(29)16-6-1-2-7-17(16)24(27)30)28-18-8-3-4-9-20(18)31-21-12-11-15(26)14-19(21)28/h1-4,6-9,11-12,14,22H,5,10,13H2. The molecule has 7 heteroatoms. The maximum atomic E-state index is 12.6. The van der Waals surface area contributed by atoms with E-state index in [-0.39, 0.29) is 16.8 Å². The van der Waals surface area contributed by atoms with E-state index in [1.165, 1.54) is 9.80 Å². The van der Waals surface area contributed by atoms with Gasteiger partial charge in [0.1, 0.15) is 0 Å². The third-order valence-electron chi connectivity index (χ3n) is 5.51. The lowest BCUT2D eigenvalue weighted by Crippen LogP contribution is -2.33. The zero-order chi connectivity index (χ0) is 21.5. The first-order valence-corrected chi connectivity index (χ1v) is 12.1. The fourth-order valence-electron chi connectivity index (χ4n) is 4.05. The minimum atomic E-state index is -0.205. The molecule has 0 saturated heterocycles. The van der Waals surface area contributed by atoms with Crippen molar-refractivity contribution in [3.8, 4) is 0 Å². The van der Waals surface area contributed by atoms with Gasteiger partial charge in [-0.1, -0.05) is 63.6 Å². The van der Waals surface area contributed by atoms with E-state index < -0.39 is 0 Å². The lowest BCUT2D eigenvalue weighted by atomic mass is 10.1. The number of hydrogen-bond acceptors (Lipinski definition) is 4. The van der Waals surface area contributed by atoms with Crippen LogP contribution in [0.5, 0.6) is 0 Å². The van der Waals surface area contributed by atoms with Gasteiger partial charge in [-0.15, -0.1) is 0 Å². The van der Waals surface area contributed by atoms with Crippen LogP contribution in [0.2, 0.25) is 5.02 Å². The molecule has 2 heterocycles. The summed E-state index contributed by atoms with van der Waals surface area (Å²) in [5.41, 5.74) is 3.16. The molecule has 0 aliphatic carbocycles. The minimum absolute atomic E-state index is 0.0121. The Morgan fingerprint density at radius 3 is 2.26 bits per heavy atom. The highest BCUT2D eigenvalue weighted by Crippen LogP contribution is 2.50. The van der Waals surface area contributed by atoms with Crippen molar-refractivity contribution in [2.45, 2.75) is 27.6 Å². The Kier molecular flexibility index (Phi) is 5.54. The molecule has 0 radical (unpaired) electrons. The van der Waals surface area contributed by atoms with Gasteiger partial charge >= 0.3 is 0 Å². The van der Waals surface area contributed by atoms with E-state index in [0.29, 0.717) is 29.1 Å². The number of anilines is 2. The Bertz CT molecular complexity index is 1170. The van der Waals surface area contributed by atoms with Crippen LogP contribution in [0.25, 0.3) is 0 Å². The number of halogens is 2. The first-order chi connectivity index (χ1) is 15.0. The number of para-hydroxylation sites is 1. The fourth-order valence-corrected chi connectivity index (χ4v) is 6.03. The molecule has 1 atom stereocenters. The van der Waals surface area contributed by atoms with E-state index in [0.717, 1.165) is 22.7 Å². The fraction of sp³-hybridized carbons (Fsp3) is 0.167. The molecule has 2 amide bonds. The molecule has 0 saturated carbocycles. The molecule has 3 aromatic carbocycles. The molecule has 31 heavy (non-hydrogen) atoms. The van der Waals surface area contributed by atoms with Crippen molar-refractivity contribution in [1.82, 2.24) is 4.90 Å². The normalized spacial score (nSPS) is 15.5. The van der Waals surface area contributed by atoms with Crippen LogP contribution in [-0.4, -0.2) is 28.2 Å². The van der Waals surface area contributed by atoms with Crippen LogP contribution in [-0.2, 0) is 0 Å². The van der Waals surface area contributed by atoms with Gasteiger partial charge in [0.2, 0.25) is 0 Å². The SMILES string of the molecule is O=C1c2ccccc2C(=O)N1CCCC(Br)N1c2ccccc2Sc2ccc(Cl)cc21. The van der Waals surface area contributed by atoms with Crippen LogP contribution in [0, 0.1) is 0 Å². The van der Waals surface area contributed by atoms with Crippen molar-refractivity contribution >= 4 is 62.5 Å². The van der Waals surface area contributed by atoms with Gasteiger partial charge in [0, 0.05) is 21.4 Å². The summed E-state index contributed by atoms with van der Waals surface area (Å²) in [7, 11) is 0. The monoisotopic (exact) mass is 512 g/mol. The summed E-state index contributed by atoms with van der Waals surface area (Å²) in [5, 5.41) is 0.689. The van der Waals surface area contributed by atoms with Crippen molar-refractivity contribution < 1.29 is 9.59 Å². The van der Waals surface area contributed by atoms with E-state index in [2.05, 4.69) is 33.0 Å². The number of carbonyl (C=O) groups is 2. The molecular formula is C24H18BrClN2O2S. The highest BCUT2D eigenvalue weighted by molar-refractivity contribution is 9.09. The molecule has 4 nitrogen and oxygen atoms in total. The summed E-state index contributed by atoms with van der Waals surface area (Å²) in [4.78, 5) is 31.1. The number of carbonyl (C=O) groups excluding carboxylic acids is 2. The van der Waals surface area contributed by atoms with Gasteiger partial charge in [0.25, 0.3) is 11.8 Å². The van der Waals surface area contributed by atoms with Crippen LogP contribution in [0.4, 0.5) is 11.4 Å². The molecule has 2 aliphatic rings. The van der Waals surface area contributed by atoms with Gasteiger partial charge < -0.3 is 4.90 Å². The zero-order valence-electron chi connectivity index (χ0n) is 16.4. The van der Waals surface area contributed by atoms with Crippen LogP contribution >= 0.6 is 39.3 Å². The highest BCUT2D eigenvalue weighted by Gasteiger charge is 2.35. The van der Waals surface area contributed by atoms with Gasteiger partial charge in [0.15, 0.2) is 0 Å². The predicted octanol–water partition coefficient (Wildman–Crippen LogP) is 6.74. The van der Waals surface area contributed by atoms with Gasteiger partial charge in [-0.2, -0.15) is 0 Å². The van der Waals surface area contributed by atoms with Crippen molar-refractivity contribution in [2.24, 2.45) is 0 Å². The van der Waals surface area contributed by atoms with Gasteiger partial charge in [0.05, 0.1) is 27.5 Å². The van der Waals surface area contributed by atoms with E-state index in [1.807, 2.05) is 30.3 Å². The number of fused-ring (bicyclic) bond motifs is 3. The molecule has 0 aromatic heterocycles. The Morgan fingerprint density at radius 2 is 1.52 bits per heavy atom. The molecule has 3 aromatic rings. The van der Waals surface area contributed by atoms with Crippen LogP contribution in [0.3, 0.4) is 0 Å². The molecule has 0 N–H and O–H groups in total. The van der Waals surface area contributed by atoms with E-state index in [9.17, 15) is 9.59 Å². The lowest BCUT2D eigenvalue weighted by molar-refractivity contribution is 0.0651. The molecule has 0 bridgehead atoms. The maximum absolute atomic E-state index is 12.6. The van der Waals surface area contributed by atoms with E-state index in [4.69, 9.17) is 11.6 Å². The predicted molar refractivity (Wildman–Crippen MR) is 128 cm³/mol. The molecular weight excluding hydrogens is 496 g/mol. The number of rotatable bonds is 5. The number of imide groups is 1. The zero-order valence-corrected chi connectivity index (χ0v) is 19.6. The highest BCUT2D eigenvalue weighted by atomic mass is 79.9. The van der Waals surface area contributed by atoms with Crippen molar-refractivity contribution in [1.29, 1.82) is 0 Å². The molecule has 2 aliphatic heterocycles. The van der Waals surface area contributed by atoms with E-state index in [1.54, 1.807) is 36.0 Å². The van der Waals surface area contributed by atoms with Crippen molar-refractivity contribution in [3.63, 3.8) is 0 Å². The second-order valence-corrected chi connectivity index (χ2v) is 10.0. The van der Waals surface area contributed by atoms with Crippen molar-refractivity contribution in [3.05, 3.63) is 82.9 Å².